The molecule has 1 amide bonds. The van der Waals surface area contributed by atoms with Gasteiger partial charge in [-0.3, -0.25) is 10.1 Å². The van der Waals surface area contributed by atoms with Gasteiger partial charge in [-0.05, 0) is 28.1 Å². The third kappa shape index (κ3) is 5.40. The van der Waals surface area contributed by atoms with Crippen LogP contribution >= 0.6 is 34.9 Å². The number of tetrazole rings is 1. The lowest BCUT2D eigenvalue weighted by Crippen LogP contribution is -2.14. The van der Waals surface area contributed by atoms with Crippen LogP contribution in [0.25, 0.3) is 5.69 Å². The minimum absolute atomic E-state index is 0.166. The Morgan fingerprint density at radius 3 is 2.52 bits per heavy atom. The number of hydrogen-bond acceptors (Lipinski definition) is 9. The topological polar surface area (TPSA) is 98.5 Å². The van der Waals surface area contributed by atoms with Crippen molar-refractivity contribution in [2.45, 2.75) is 15.2 Å². The Morgan fingerprint density at radius 2 is 1.72 bits per heavy atom. The Hall–Kier alpha value is -2.76. The lowest BCUT2D eigenvalue weighted by atomic mass is 10.2. The van der Waals surface area contributed by atoms with Crippen LogP contribution in [0.5, 0.6) is 0 Å². The second kappa shape index (κ2) is 9.63. The number of aromatic nitrogens is 6. The van der Waals surface area contributed by atoms with Crippen molar-refractivity contribution in [3.05, 3.63) is 66.2 Å². The van der Waals surface area contributed by atoms with E-state index in [2.05, 4.69) is 43.2 Å². The maximum atomic E-state index is 12.3. The van der Waals surface area contributed by atoms with E-state index in [1.807, 2.05) is 48.5 Å². The number of amides is 1. The van der Waals surface area contributed by atoms with Crippen LogP contribution in [0.3, 0.4) is 0 Å². The standard InChI is InChI=1S/C18H15N7OS3/c26-15(12-27-17-21-23-24-25(17)14-9-5-2-6-10-14)19-16-20-22-18(29-16)28-11-13-7-3-1-4-8-13/h1-10H,11-12H2,(H,19,20,26). The van der Waals surface area contributed by atoms with E-state index in [9.17, 15) is 4.79 Å². The molecule has 8 nitrogen and oxygen atoms in total. The van der Waals surface area contributed by atoms with Gasteiger partial charge < -0.3 is 0 Å². The number of benzene rings is 2. The number of carbonyl (C=O) groups excluding carboxylic acids is 1. The largest absolute Gasteiger partial charge is 0.300 e. The molecule has 146 valence electrons. The number of hydrogen-bond donors (Lipinski definition) is 1. The SMILES string of the molecule is O=C(CSc1nnnn1-c1ccccc1)Nc1nnc(SCc2ccccc2)s1. The molecule has 0 saturated heterocycles. The summed E-state index contributed by atoms with van der Waals surface area (Å²) in [5, 5.41) is 23.6. The summed E-state index contributed by atoms with van der Waals surface area (Å²) in [5.74, 6) is 0.786. The highest BCUT2D eigenvalue weighted by atomic mass is 32.2. The summed E-state index contributed by atoms with van der Waals surface area (Å²) in [6.07, 6.45) is 0. The first-order chi connectivity index (χ1) is 14.3. The molecule has 29 heavy (non-hydrogen) atoms. The first kappa shape index (κ1) is 19.6. The van der Waals surface area contributed by atoms with E-state index in [1.165, 1.54) is 28.7 Å². The zero-order valence-corrected chi connectivity index (χ0v) is 17.5. The van der Waals surface area contributed by atoms with E-state index in [-0.39, 0.29) is 11.7 Å². The molecule has 2 aromatic heterocycles. The molecule has 0 spiro atoms. The number of para-hydroxylation sites is 1. The predicted molar refractivity (Wildman–Crippen MR) is 114 cm³/mol. The predicted octanol–water partition coefficient (Wildman–Crippen LogP) is 3.54. The van der Waals surface area contributed by atoms with Crippen LogP contribution in [0.4, 0.5) is 5.13 Å². The normalized spacial score (nSPS) is 10.8. The number of rotatable bonds is 8. The fraction of sp³-hybridized carbons (Fsp3) is 0.111. The molecule has 1 N–H and O–H groups in total. The van der Waals surface area contributed by atoms with Gasteiger partial charge in [0.25, 0.3) is 0 Å². The highest BCUT2D eigenvalue weighted by Crippen LogP contribution is 2.28. The van der Waals surface area contributed by atoms with Crippen molar-refractivity contribution in [1.82, 2.24) is 30.4 Å². The van der Waals surface area contributed by atoms with Crippen molar-refractivity contribution >= 4 is 45.9 Å². The van der Waals surface area contributed by atoms with Gasteiger partial charge in [0.1, 0.15) is 0 Å². The summed E-state index contributed by atoms with van der Waals surface area (Å²) in [5.41, 5.74) is 2.05. The molecule has 4 aromatic rings. The van der Waals surface area contributed by atoms with Crippen molar-refractivity contribution in [2.24, 2.45) is 0 Å². The quantitative estimate of drug-likeness (QED) is 0.327. The van der Waals surface area contributed by atoms with Crippen LogP contribution in [0.2, 0.25) is 0 Å². The molecule has 0 aliphatic heterocycles. The third-order valence-corrected chi connectivity index (χ3v) is 6.59. The van der Waals surface area contributed by atoms with Gasteiger partial charge in [0.05, 0.1) is 11.4 Å². The molecular formula is C18H15N7OS3. The van der Waals surface area contributed by atoms with E-state index in [4.69, 9.17) is 0 Å². The molecule has 11 heteroatoms. The van der Waals surface area contributed by atoms with Crippen LogP contribution in [0.15, 0.2) is 70.2 Å². The molecule has 0 atom stereocenters. The molecule has 0 saturated carbocycles. The lowest BCUT2D eigenvalue weighted by Gasteiger charge is -2.03. The maximum Gasteiger partial charge on any atom is 0.236 e. The fourth-order valence-corrected chi connectivity index (χ4v) is 4.74. The lowest BCUT2D eigenvalue weighted by molar-refractivity contribution is -0.113. The van der Waals surface area contributed by atoms with E-state index in [0.29, 0.717) is 10.3 Å². The third-order valence-electron chi connectivity index (χ3n) is 3.63. The first-order valence-electron chi connectivity index (χ1n) is 8.54. The Kier molecular flexibility index (Phi) is 6.49. The molecule has 0 bridgehead atoms. The van der Waals surface area contributed by atoms with Gasteiger partial charge in [-0.25, -0.2) is 0 Å². The molecule has 0 radical (unpaired) electrons. The summed E-state index contributed by atoms with van der Waals surface area (Å²) < 4.78 is 2.41. The minimum atomic E-state index is -0.187. The summed E-state index contributed by atoms with van der Waals surface area (Å²) >= 11 is 4.21. The summed E-state index contributed by atoms with van der Waals surface area (Å²) in [6.45, 7) is 0. The van der Waals surface area contributed by atoms with Gasteiger partial charge in [0.2, 0.25) is 16.2 Å². The Labute approximate surface area is 179 Å². The number of nitrogens with zero attached hydrogens (tertiary/aromatic N) is 6. The van der Waals surface area contributed by atoms with Gasteiger partial charge in [0.15, 0.2) is 4.34 Å². The molecule has 0 unspecified atom stereocenters. The highest BCUT2D eigenvalue weighted by molar-refractivity contribution is 8.00. The van der Waals surface area contributed by atoms with Crippen molar-refractivity contribution < 1.29 is 4.79 Å². The second-order valence-electron chi connectivity index (χ2n) is 5.69. The minimum Gasteiger partial charge on any atom is -0.300 e. The van der Waals surface area contributed by atoms with Crippen LogP contribution in [-0.2, 0) is 10.5 Å². The molecular weight excluding hydrogens is 426 g/mol. The monoisotopic (exact) mass is 441 g/mol. The van der Waals surface area contributed by atoms with Gasteiger partial charge in [-0.15, -0.1) is 15.3 Å². The smallest absolute Gasteiger partial charge is 0.236 e. The average molecular weight is 442 g/mol. The summed E-state index contributed by atoms with van der Waals surface area (Å²) in [6, 6.07) is 19.7. The van der Waals surface area contributed by atoms with Crippen LogP contribution < -0.4 is 5.32 Å². The zero-order chi connectivity index (χ0) is 19.9. The molecule has 0 aliphatic carbocycles. The van der Waals surface area contributed by atoms with Crippen LogP contribution in [-0.4, -0.2) is 42.1 Å². The molecule has 0 aliphatic rings. The summed E-state index contributed by atoms with van der Waals surface area (Å²) in [4.78, 5) is 12.3. The summed E-state index contributed by atoms with van der Waals surface area (Å²) in [7, 11) is 0. The Bertz CT molecular complexity index is 1070. The molecule has 0 fully saturated rings. The first-order valence-corrected chi connectivity index (χ1v) is 11.3. The molecule has 2 heterocycles. The highest BCUT2D eigenvalue weighted by Gasteiger charge is 2.13. The van der Waals surface area contributed by atoms with Crippen molar-refractivity contribution in [2.75, 3.05) is 11.1 Å². The number of anilines is 1. The maximum absolute atomic E-state index is 12.3. The average Bonchev–Trinajstić information content (AvgIpc) is 3.41. The van der Waals surface area contributed by atoms with E-state index in [1.54, 1.807) is 16.4 Å². The Morgan fingerprint density at radius 1 is 0.966 bits per heavy atom. The Balaban J connectivity index is 1.29. The molecule has 4 rings (SSSR count). The zero-order valence-electron chi connectivity index (χ0n) is 15.0. The van der Waals surface area contributed by atoms with Crippen LogP contribution in [0.1, 0.15) is 5.56 Å². The van der Waals surface area contributed by atoms with E-state index < -0.39 is 0 Å². The van der Waals surface area contributed by atoms with Crippen molar-refractivity contribution in [1.29, 1.82) is 0 Å². The number of nitrogens with one attached hydrogen (secondary N) is 1. The number of thioether (sulfide) groups is 2. The van der Waals surface area contributed by atoms with Gasteiger partial charge in [0, 0.05) is 5.75 Å². The van der Waals surface area contributed by atoms with E-state index in [0.717, 1.165) is 15.8 Å². The number of carbonyl (C=O) groups is 1. The van der Waals surface area contributed by atoms with Crippen LogP contribution in [0, 0.1) is 0 Å². The van der Waals surface area contributed by atoms with Crippen molar-refractivity contribution in [3.8, 4) is 5.69 Å². The second-order valence-corrected chi connectivity index (χ2v) is 8.84. The van der Waals surface area contributed by atoms with Crippen molar-refractivity contribution in [3.63, 3.8) is 0 Å². The van der Waals surface area contributed by atoms with Gasteiger partial charge in [-0.2, -0.15) is 4.68 Å². The van der Waals surface area contributed by atoms with Gasteiger partial charge in [-0.1, -0.05) is 83.4 Å². The van der Waals surface area contributed by atoms with Gasteiger partial charge >= 0.3 is 0 Å². The molecule has 2 aromatic carbocycles. The fourth-order valence-electron chi connectivity index (χ4n) is 2.32. The van der Waals surface area contributed by atoms with E-state index >= 15 is 0 Å².